The molecule has 2 saturated heterocycles. The van der Waals surface area contributed by atoms with Gasteiger partial charge in [0.15, 0.2) is 0 Å². The average Bonchev–Trinajstić information content (AvgIpc) is 2.75. The zero-order valence-corrected chi connectivity index (χ0v) is 13.2. The number of pyridine rings is 1. The monoisotopic (exact) mass is 303 g/mol. The lowest BCUT2D eigenvalue weighted by atomic mass is 10.0. The number of amides is 1. The van der Waals surface area contributed by atoms with Gasteiger partial charge in [-0.3, -0.25) is 14.7 Å². The van der Waals surface area contributed by atoms with Crippen LogP contribution in [0.15, 0.2) is 24.5 Å². The minimum atomic E-state index is -0.489. The number of likely N-dealkylation sites (N-methyl/N-ethyl adjacent to an activating group) is 1. The van der Waals surface area contributed by atoms with Gasteiger partial charge in [-0.05, 0) is 37.8 Å². The number of fused-ring (bicyclic) bond motifs is 2. The van der Waals surface area contributed by atoms with E-state index in [-0.39, 0.29) is 5.91 Å². The Labute approximate surface area is 131 Å². The molecule has 2 aliphatic rings. The molecule has 2 fully saturated rings. The first-order chi connectivity index (χ1) is 10.6. The van der Waals surface area contributed by atoms with Gasteiger partial charge in [-0.15, -0.1) is 0 Å². The van der Waals surface area contributed by atoms with Gasteiger partial charge < -0.3 is 10.0 Å². The highest BCUT2D eigenvalue weighted by Gasteiger charge is 2.37. The summed E-state index contributed by atoms with van der Waals surface area (Å²) in [6.45, 7) is 1.06. The van der Waals surface area contributed by atoms with Gasteiger partial charge in [-0.25, -0.2) is 0 Å². The van der Waals surface area contributed by atoms with E-state index in [1.807, 2.05) is 0 Å². The van der Waals surface area contributed by atoms with E-state index in [0.717, 1.165) is 0 Å². The van der Waals surface area contributed by atoms with Crippen molar-refractivity contribution in [3.05, 3.63) is 30.1 Å². The molecule has 0 radical (unpaired) electrons. The molecule has 120 valence electrons. The van der Waals surface area contributed by atoms with Gasteiger partial charge in [-0.1, -0.05) is 6.42 Å². The number of hydrogen-bond donors (Lipinski definition) is 1. The molecule has 1 amide bonds. The number of nitrogens with zero attached hydrogens (tertiary/aromatic N) is 3. The highest BCUT2D eigenvalue weighted by molar-refractivity contribution is 5.93. The fraction of sp³-hybridized carbons (Fsp3) is 0.647. The summed E-state index contributed by atoms with van der Waals surface area (Å²) in [5.41, 5.74) is 0.614. The van der Waals surface area contributed by atoms with Crippen molar-refractivity contribution < 1.29 is 9.90 Å². The Hall–Kier alpha value is -1.46. The van der Waals surface area contributed by atoms with E-state index in [1.165, 1.54) is 32.1 Å². The molecule has 5 nitrogen and oxygen atoms in total. The van der Waals surface area contributed by atoms with Crippen LogP contribution in [0.1, 0.15) is 42.5 Å². The standard InChI is InChI=1S/C17H25N3O2/c1-19(17(22)13-7-9-18-10-8-13)11-16(21)12-20-14-3-2-4-15(20)6-5-14/h7-10,14-16,21H,2-6,11-12H2,1H3/t14-,15+,16?. The number of aliphatic hydroxyl groups excluding tert-OH is 1. The maximum atomic E-state index is 12.3. The van der Waals surface area contributed by atoms with Crippen LogP contribution in [0.3, 0.4) is 0 Å². The van der Waals surface area contributed by atoms with Gasteiger partial charge in [0.05, 0.1) is 6.10 Å². The zero-order chi connectivity index (χ0) is 15.5. The molecule has 0 aromatic carbocycles. The summed E-state index contributed by atoms with van der Waals surface area (Å²) in [6, 6.07) is 4.70. The second kappa shape index (κ2) is 6.75. The van der Waals surface area contributed by atoms with Crippen molar-refractivity contribution in [2.75, 3.05) is 20.1 Å². The first kappa shape index (κ1) is 15.4. The molecule has 0 aliphatic carbocycles. The predicted octanol–water partition coefficient (Wildman–Crippen LogP) is 1.53. The van der Waals surface area contributed by atoms with Crippen LogP contribution in [0, 0.1) is 0 Å². The number of aromatic nitrogens is 1. The molecule has 1 aromatic rings. The van der Waals surface area contributed by atoms with Crippen molar-refractivity contribution in [3.63, 3.8) is 0 Å². The molecule has 3 heterocycles. The van der Waals surface area contributed by atoms with Gasteiger partial charge in [0, 0.05) is 50.2 Å². The Morgan fingerprint density at radius 3 is 2.59 bits per heavy atom. The number of hydrogen-bond acceptors (Lipinski definition) is 4. The highest BCUT2D eigenvalue weighted by atomic mass is 16.3. The summed E-state index contributed by atoms with van der Waals surface area (Å²) in [6.07, 6.45) is 9.11. The van der Waals surface area contributed by atoms with Crippen LogP contribution in [0.2, 0.25) is 0 Å². The van der Waals surface area contributed by atoms with E-state index in [4.69, 9.17) is 0 Å². The third kappa shape index (κ3) is 3.31. The number of carbonyl (C=O) groups excluding carboxylic acids is 1. The van der Waals surface area contributed by atoms with Crippen LogP contribution < -0.4 is 0 Å². The van der Waals surface area contributed by atoms with Crippen LogP contribution >= 0.6 is 0 Å². The second-order valence-corrected chi connectivity index (χ2v) is 6.59. The Morgan fingerprint density at radius 2 is 1.95 bits per heavy atom. The Bertz CT molecular complexity index is 492. The molecule has 3 rings (SSSR count). The second-order valence-electron chi connectivity index (χ2n) is 6.59. The molecular weight excluding hydrogens is 278 g/mol. The number of rotatable bonds is 5. The first-order valence-electron chi connectivity index (χ1n) is 8.24. The molecule has 1 N–H and O–H groups in total. The van der Waals surface area contributed by atoms with Crippen LogP contribution in [0.5, 0.6) is 0 Å². The number of aliphatic hydroxyl groups is 1. The van der Waals surface area contributed by atoms with Gasteiger partial charge in [0.1, 0.15) is 0 Å². The summed E-state index contributed by atoms with van der Waals surface area (Å²) in [5.74, 6) is -0.0666. The smallest absolute Gasteiger partial charge is 0.253 e. The molecular formula is C17H25N3O2. The minimum absolute atomic E-state index is 0.0666. The molecule has 0 spiro atoms. The van der Waals surface area contributed by atoms with Gasteiger partial charge in [0.2, 0.25) is 0 Å². The van der Waals surface area contributed by atoms with Crippen LogP contribution in [0.25, 0.3) is 0 Å². The Kier molecular flexibility index (Phi) is 4.74. The third-order valence-corrected chi connectivity index (χ3v) is 5.03. The van der Waals surface area contributed by atoms with Crippen LogP contribution in [-0.2, 0) is 0 Å². The highest BCUT2D eigenvalue weighted by Crippen LogP contribution is 2.35. The van der Waals surface area contributed by atoms with Crippen molar-refractivity contribution in [1.82, 2.24) is 14.8 Å². The summed E-state index contributed by atoms with van der Waals surface area (Å²) >= 11 is 0. The van der Waals surface area contributed by atoms with E-state index in [9.17, 15) is 9.90 Å². The van der Waals surface area contributed by atoms with Crippen molar-refractivity contribution in [2.24, 2.45) is 0 Å². The van der Waals surface area contributed by atoms with E-state index < -0.39 is 6.10 Å². The summed E-state index contributed by atoms with van der Waals surface area (Å²) < 4.78 is 0. The lowest BCUT2D eigenvalue weighted by molar-refractivity contribution is 0.0400. The first-order valence-corrected chi connectivity index (χ1v) is 8.24. The van der Waals surface area contributed by atoms with Gasteiger partial charge >= 0.3 is 0 Å². The minimum Gasteiger partial charge on any atom is -0.390 e. The molecule has 2 aliphatic heterocycles. The largest absolute Gasteiger partial charge is 0.390 e. The summed E-state index contributed by atoms with van der Waals surface area (Å²) in [7, 11) is 1.75. The maximum absolute atomic E-state index is 12.3. The number of piperidine rings is 1. The zero-order valence-electron chi connectivity index (χ0n) is 13.2. The van der Waals surface area contributed by atoms with E-state index in [0.29, 0.717) is 30.7 Å². The third-order valence-electron chi connectivity index (χ3n) is 5.03. The maximum Gasteiger partial charge on any atom is 0.253 e. The number of carbonyl (C=O) groups is 1. The molecule has 2 bridgehead atoms. The van der Waals surface area contributed by atoms with Crippen LogP contribution in [-0.4, -0.2) is 64.1 Å². The average molecular weight is 303 g/mol. The summed E-state index contributed by atoms with van der Waals surface area (Å²) in [4.78, 5) is 20.3. The van der Waals surface area contributed by atoms with Crippen molar-refractivity contribution in [1.29, 1.82) is 0 Å². The molecule has 1 aromatic heterocycles. The fourth-order valence-electron chi connectivity index (χ4n) is 3.94. The molecule has 5 heteroatoms. The predicted molar refractivity (Wildman–Crippen MR) is 84.6 cm³/mol. The van der Waals surface area contributed by atoms with Crippen molar-refractivity contribution in [3.8, 4) is 0 Å². The SMILES string of the molecule is CN(CC(O)CN1[C@@H]2CCC[C@H]1CC2)C(=O)c1ccncc1. The van der Waals surface area contributed by atoms with E-state index in [1.54, 1.807) is 36.5 Å². The quantitative estimate of drug-likeness (QED) is 0.896. The van der Waals surface area contributed by atoms with E-state index >= 15 is 0 Å². The molecule has 1 unspecified atom stereocenters. The molecule has 0 saturated carbocycles. The van der Waals surface area contributed by atoms with E-state index in [2.05, 4.69) is 9.88 Å². The summed E-state index contributed by atoms with van der Waals surface area (Å²) in [5, 5.41) is 10.4. The normalized spacial score (nSPS) is 25.9. The van der Waals surface area contributed by atoms with Gasteiger partial charge in [-0.2, -0.15) is 0 Å². The van der Waals surface area contributed by atoms with Crippen molar-refractivity contribution in [2.45, 2.75) is 50.3 Å². The Balaban J connectivity index is 1.53. The molecule has 3 atom stereocenters. The molecule has 22 heavy (non-hydrogen) atoms. The Morgan fingerprint density at radius 1 is 1.32 bits per heavy atom. The lowest BCUT2D eigenvalue weighted by Crippen LogP contribution is -2.47. The van der Waals surface area contributed by atoms with Crippen molar-refractivity contribution >= 4 is 5.91 Å². The van der Waals surface area contributed by atoms with Crippen LogP contribution in [0.4, 0.5) is 0 Å². The van der Waals surface area contributed by atoms with Gasteiger partial charge in [0.25, 0.3) is 5.91 Å². The fourth-order valence-corrected chi connectivity index (χ4v) is 3.94. The lowest BCUT2D eigenvalue weighted by Gasteiger charge is -2.36. The topological polar surface area (TPSA) is 56.7 Å².